The quantitative estimate of drug-likeness (QED) is 0.797. The number of nitrogens with zero attached hydrogens (tertiary/aromatic N) is 3. The summed E-state index contributed by atoms with van der Waals surface area (Å²) in [6.45, 7) is 1.00. The minimum Gasteiger partial charge on any atom is -0.294 e. The molecule has 6 heteroatoms. The van der Waals surface area contributed by atoms with Gasteiger partial charge in [0.05, 0.1) is 5.69 Å². The van der Waals surface area contributed by atoms with Crippen LogP contribution in [0.2, 0.25) is 5.02 Å². The molecule has 1 aromatic heterocycles. The zero-order valence-electron chi connectivity index (χ0n) is 8.26. The van der Waals surface area contributed by atoms with Crippen molar-refractivity contribution in [3.63, 3.8) is 0 Å². The highest BCUT2D eigenvalue weighted by molar-refractivity contribution is 7.99. The molecule has 0 saturated heterocycles. The topological polar surface area (TPSA) is 30.2 Å². The summed E-state index contributed by atoms with van der Waals surface area (Å²) in [4.78, 5) is 5.52. The number of rotatable bonds is 1. The maximum absolute atomic E-state index is 5.83. The molecule has 0 radical (unpaired) electrons. The van der Waals surface area contributed by atoms with Gasteiger partial charge in [-0.05, 0) is 24.3 Å². The predicted molar refractivity (Wildman–Crippen MR) is 67.5 cm³/mol. The summed E-state index contributed by atoms with van der Waals surface area (Å²) in [5.41, 5.74) is 0.917. The first kappa shape index (κ1) is 10.4. The number of thioether (sulfide) groups is 1. The van der Waals surface area contributed by atoms with E-state index in [0.717, 1.165) is 33.0 Å². The van der Waals surface area contributed by atoms with Crippen LogP contribution in [0.25, 0.3) is 0 Å². The molecule has 0 amide bonds. The molecule has 0 fully saturated rings. The van der Waals surface area contributed by atoms with Crippen LogP contribution >= 0.6 is 34.9 Å². The van der Waals surface area contributed by atoms with Crippen LogP contribution in [0.1, 0.15) is 0 Å². The van der Waals surface area contributed by atoms with Crippen molar-refractivity contribution in [1.82, 2.24) is 8.94 Å². The summed E-state index contributed by atoms with van der Waals surface area (Å²) >= 11 is 9.05. The molecule has 0 aliphatic carbocycles. The summed E-state index contributed by atoms with van der Waals surface area (Å²) in [6, 6.07) is 7.52. The Labute approximate surface area is 106 Å². The van der Waals surface area contributed by atoms with Gasteiger partial charge >= 0.3 is 0 Å². The van der Waals surface area contributed by atoms with Gasteiger partial charge in [-0.2, -0.15) is 4.37 Å². The lowest BCUT2D eigenvalue weighted by Gasteiger charge is -1.94. The molecule has 3 nitrogen and oxygen atoms in total. The van der Waals surface area contributed by atoms with Gasteiger partial charge in [-0.3, -0.25) is 4.57 Å². The van der Waals surface area contributed by atoms with Crippen molar-refractivity contribution in [2.24, 2.45) is 4.99 Å². The molecule has 1 aliphatic rings. The number of hydrogen-bond acceptors (Lipinski definition) is 4. The summed E-state index contributed by atoms with van der Waals surface area (Å²) in [6.07, 6.45) is 0. The normalized spacial score (nSPS) is 15.4. The van der Waals surface area contributed by atoms with Gasteiger partial charge in [-0.1, -0.05) is 23.4 Å². The van der Waals surface area contributed by atoms with Crippen LogP contribution in [0.4, 0.5) is 5.69 Å². The fourth-order valence-electron chi connectivity index (χ4n) is 1.49. The first-order valence-corrected chi connectivity index (χ1v) is 6.96. The van der Waals surface area contributed by atoms with E-state index >= 15 is 0 Å². The highest BCUT2D eigenvalue weighted by Gasteiger charge is 2.14. The van der Waals surface area contributed by atoms with Crippen molar-refractivity contribution < 1.29 is 0 Å². The lowest BCUT2D eigenvalue weighted by atomic mass is 10.3. The van der Waals surface area contributed by atoms with Gasteiger partial charge in [0, 0.05) is 28.9 Å². The van der Waals surface area contributed by atoms with Gasteiger partial charge in [0.1, 0.15) is 0 Å². The predicted octanol–water partition coefficient (Wildman–Crippen LogP) is 2.94. The van der Waals surface area contributed by atoms with Crippen molar-refractivity contribution in [1.29, 1.82) is 0 Å². The Hall–Kier alpha value is -0.780. The smallest absolute Gasteiger partial charge is 0.210 e. The Morgan fingerprint density at radius 3 is 2.94 bits per heavy atom. The molecule has 2 aromatic rings. The monoisotopic (exact) mass is 269 g/mol. The van der Waals surface area contributed by atoms with E-state index in [1.807, 2.05) is 24.3 Å². The van der Waals surface area contributed by atoms with Crippen LogP contribution in [-0.4, -0.2) is 14.7 Å². The largest absolute Gasteiger partial charge is 0.294 e. The third-order valence-corrected chi connectivity index (χ3v) is 4.33. The molecule has 1 aliphatic heterocycles. The number of fused-ring (bicyclic) bond motifs is 1. The van der Waals surface area contributed by atoms with Crippen molar-refractivity contribution in [3.8, 4) is 0 Å². The van der Waals surface area contributed by atoms with E-state index < -0.39 is 0 Å². The standard InChI is InChI=1S/C10H8ClN3S2/c11-7-1-3-8(4-2-7)12-9-14-5-6-15-10(14)13-16-9/h1-4H,5-6H2. The Bertz CT molecular complexity index is 570. The maximum Gasteiger partial charge on any atom is 0.210 e. The third-order valence-electron chi connectivity index (χ3n) is 2.26. The van der Waals surface area contributed by atoms with Gasteiger partial charge in [0.15, 0.2) is 5.16 Å². The second-order valence-corrected chi connectivity index (χ2v) is 5.56. The Balaban J connectivity index is 2.05. The van der Waals surface area contributed by atoms with Gasteiger partial charge in [0.2, 0.25) is 4.80 Å². The maximum atomic E-state index is 5.83. The van der Waals surface area contributed by atoms with Crippen molar-refractivity contribution >= 4 is 40.6 Å². The fourth-order valence-corrected chi connectivity index (χ4v) is 3.47. The minimum atomic E-state index is 0.733. The second-order valence-electron chi connectivity index (χ2n) is 3.34. The fraction of sp³-hybridized carbons (Fsp3) is 0.200. The summed E-state index contributed by atoms with van der Waals surface area (Å²) in [5, 5.41) is 1.81. The Kier molecular flexibility index (Phi) is 2.75. The molecule has 16 heavy (non-hydrogen) atoms. The lowest BCUT2D eigenvalue weighted by Crippen LogP contribution is -2.12. The highest BCUT2D eigenvalue weighted by atomic mass is 35.5. The molecular formula is C10H8ClN3S2. The van der Waals surface area contributed by atoms with Gasteiger partial charge in [0.25, 0.3) is 0 Å². The van der Waals surface area contributed by atoms with Crippen LogP contribution in [0, 0.1) is 0 Å². The van der Waals surface area contributed by atoms with Crippen molar-refractivity contribution in [2.75, 3.05) is 5.75 Å². The Morgan fingerprint density at radius 1 is 1.31 bits per heavy atom. The second kappa shape index (κ2) is 4.24. The first-order chi connectivity index (χ1) is 7.83. The van der Waals surface area contributed by atoms with Gasteiger partial charge in [-0.15, -0.1) is 0 Å². The zero-order valence-corrected chi connectivity index (χ0v) is 10.6. The van der Waals surface area contributed by atoms with E-state index in [0.29, 0.717) is 0 Å². The molecule has 82 valence electrons. The van der Waals surface area contributed by atoms with Crippen LogP contribution in [0.5, 0.6) is 0 Å². The van der Waals surface area contributed by atoms with Crippen LogP contribution in [0.3, 0.4) is 0 Å². The van der Waals surface area contributed by atoms with E-state index in [1.54, 1.807) is 11.8 Å². The van der Waals surface area contributed by atoms with Crippen LogP contribution < -0.4 is 4.80 Å². The highest BCUT2D eigenvalue weighted by Crippen LogP contribution is 2.22. The molecular weight excluding hydrogens is 262 g/mol. The average molecular weight is 270 g/mol. The summed E-state index contributed by atoms with van der Waals surface area (Å²) < 4.78 is 6.51. The minimum absolute atomic E-state index is 0.733. The van der Waals surface area contributed by atoms with E-state index in [1.165, 1.54) is 11.5 Å². The van der Waals surface area contributed by atoms with Gasteiger partial charge < -0.3 is 0 Å². The van der Waals surface area contributed by atoms with Crippen molar-refractivity contribution in [2.45, 2.75) is 11.7 Å². The molecule has 0 N–H and O–H groups in total. The average Bonchev–Trinajstić information content (AvgIpc) is 2.86. The zero-order chi connectivity index (χ0) is 11.0. The van der Waals surface area contributed by atoms with E-state index in [4.69, 9.17) is 11.6 Å². The van der Waals surface area contributed by atoms with Crippen LogP contribution in [-0.2, 0) is 6.54 Å². The molecule has 0 saturated carbocycles. The number of hydrogen-bond donors (Lipinski definition) is 0. The lowest BCUT2D eigenvalue weighted by molar-refractivity contribution is 0.688. The van der Waals surface area contributed by atoms with Crippen LogP contribution in [0.15, 0.2) is 34.4 Å². The van der Waals surface area contributed by atoms with E-state index in [9.17, 15) is 0 Å². The molecule has 0 unspecified atom stereocenters. The first-order valence-electron chi connectivity index (χ1n) is 4.82. The molecule has 0 atom stereocenters. The number of aromatic nitrogens is 2. The summed E-state index contributed by atoms with van der Waals surface area (Å²) in [5.74, 6) is 1.10. The molecule has 0 bridgehead atoms. The summed E-state index contributed by atoms with van der Waals surface area (Å²) in [7, 11) is 0. The van der Waals surface area contributed by atoms with E-state index in [-0.39, 0.29) is 0 Å². The number of benzene rings is 1. The number of halogens is 1. The SMILES string of the molecule is Clc1ccc(N=c2snc3n2CCS3)cc1. The van der Waals surface area contributed by atoms with E-state index in [2.05, 4.69) is 13.9 Å². The molecule has 1 aromatic carbocycles. The molecule has 3 rings (SSSR count). The van der Waals surface area contributed by atoms with Gasteiger partial charge in [-0.25, -0.2) is 4.99 Å². The van der Waals surface area contributed by atoms with Crippen molar-refractivity contribution in [3.05, 3.63) is 34.1 Å². The molecule has 0 spiro atoms. The molecule has 2 heterocycles. The third kappa shape index (κ3) is 1.90. The Morgan fingerprint density at radius 2 is 2.12 bits per heavy atom.